The summed E-state index contributed by atoms with van der Waals surface area (Å²) in [5.74, 6) is -0.243. The summed E-state index contributed by atoms with van der Waals surface area (Å²) in [7, 11) is -3.79. The van der Waals surface area contributed by atoms with Crippen molar-refractivity contribution in [3.8, 4) is 0 Å². The molecule has 0 saturated carbocycles. The average Bonchev–Trinajstić information content (AvgIpc) is 3.57. The third kappa shape index (κ3) is 5.43. The van der Waals surface area contributed by atoms with E-state index in [1.165, 1.54) is 27.8 Å². The Morgan fingerprint density at radius 3 is 2.54 bits per heavy atom. The van der Waals surface area contributed by atoms with Gasteiger partial charge in [0.15, 0.2) is 5.13 Å². The number of amides is 1. The number of para-hydroxylation sites is 1. The standard InChI is InChI=1S/C27H26BrN3O4S2/c1-2-31(21-7-4-3-5-8-21)37(33,34)23-13-10-19(11-14-23)26(32)30(18-22-9-6-16-35-22)27-29-24-15-12-20(28)17-25(24)36-27/h3-5,7-8,10-15,17,22H,2,6,9,16,18H2,1H3. The zero-order valence-corrected chi connectivity index (χ0v) is 23.4. The van der Waals surface area contributed by atoms with Crippen LogP contribution in [-0.2, 0) is 14.8 Å². The number of hydrogen-bond acceptors (Lipinski definition) is 6. The van der Waals surface area contributed by atoms with Gasteiger partial charge in [-0.15, -0.1) is 0 Å². The molecule has 0 radical (unpaired) electrons. The molecule has 0 N–H and O–H groups in total. The van der Waals surface area contributed by atoms with E-state index in [0.29, 0.717) is 29.5 Å². The minimum atomic E-state index is -3.79. The fourth-order valence-corrected chi connectivity index (χ4v) is 7.38. The Morgan fingerprint density at radius 2 is 1.86 bits per heavy atom. The summed E-state index contributed by atoms with van der Waals surface area (Å²) >= 11 is 4.94. The second-order valence-electron chi connectivity index (χ2n) is 8.69. The minimum absolute atomic E-state index is 0.0636. The van der Waals surface area contributed by atoms with Gasteiger partial charge in [0.2, 0.25) is 0 Å². The highest BCUT2D eigenvalue weighted by Crippen LogP contribution is 2.33. The number of halogens is 1. The normalized spacial score (nSPS) is 15.7. The van der Waals surface area contributed by atoms with Gasteiger partial charge in [0.1, 0.15) is 0 Å². The lowest BCUT2D eigenvalue weighted by Crippen LogP contribution is -2.37. The van der Waals surface area contributed by atoms with Gasteiger partial charge in [0, 0.05) is 23.2 Å². The highest BCUT2D eigenvalue weighted by atomic mass is 79.9. The van der Waals surface area contributed by atoms with E-state index in [1.54, 1.807) is 48.2 Å². The molecule has 1 aliphatic heterocycles. The number of ether oxygens (including phenoxy) is 1. The molecular formula is C27H26BrN3O4S2. The van der Waals surface area contributed by atoms with Gasteiger partial charge in [0.25, 0.3) is 15.9 Å². The summed E-state index contributed by atoms with van der Waals surface area (Å²) in [5, 5.41) is 0.589. The molecule has 1 atom stereocenters. The van der Waals surface area contributed by atoms with Gasteiger partial charge in [-0.2, -0.15) is 0 Å². The van der Waals surface area contributed by atoms with Crippen LogP contribution in [0.15, 0.2) is 82.2 Å². The number of fused-ring (bicyclic) bond motifs is 1. The Labute approximate surface area is 228 Å². The molecule has 10 heteroatoms. The van der Waals surface area contributed by atoms with Crippen LogP contribution >= 0.6 is 27.3 Å². The highest BCUT2D eigenvalue weighted by molar-refractivity contribution is 9.10. The van der Waals surface area contributed by atoms with E-state index in [4.69, 9.17) is 9.72 Å². The van der Waals surface area contributed by atoms with Crippen LogP contribution in [0.3, 0.4) is 0 Å². The molecule has 37 heavy (non-hydrogen) atoms. The monoisotopic (exact) mass is 599 g/mol. The molecule has 5 rings (SSSR count). The molecule has 1 amide bonds. The van der Waals surface area contributed by atoms with Gasteiger partial charge in [-0.05, 0) is 74.4 Å². The molecule has 1 unspecified atom stereocenters. The van der Waals surface area contributed by atoms with Crippen LogP contribution in [0, 0.1) is 0 Å². The van der Waals surface area contributed by atoms with E-state index in [1.807, 2.05) is 24.3 Å². The highest BCUT2D eigenvalue weighted by Gasteiger charge is 2.28. The van der Waals surface area contributed by atoms with Crippen molar-refractivity contribution in [1.29, 1.82) is 0 Å². The lowest BCUT2D eigenvalue weighted by Gasteiger charge is -2.24. The Kier molecular flexibility index (Phi) is 7.62. The number of nitrogens with zero attached hydrogens (tertiary/aromatic N) is 3. The number of aromatic nitrogens is 1. The second kappa shape index (κ2) is 10.9. The van der Waals surface area contributed by atoms with Gasteiger partial charge < -0.3 is 4.74 Å². The quantitative estimate of drug-likeness (QED) is 0.244. The molecule has 4 aromatic rings. The van der Waals surface area contributed by atoms with Gasteiger partial charge in [-0.3, -0.25) is 14.0 Å². The summed E-state index contributed by atoms with van der Waals surface area (Å²) in [4.78, 5) is 20.2. The van der Waals surface area contributed by atoms with E-state index in [0.717, 1.165) is 27.5 Å². The topological polar surface area (TPSA) is 79.8 Å². The largest absolute Gasteiger partial charge is 0.376 e. The first-order valence-electron chi connectivity index (χ1n) is 12.0. The Hall–Kier alpha value is -2.79. The number of carbonyl (C=O) groups is 1. The van der Waals surface area contributed by atoms with Crippen LogP contribution in [0.4, 0.5) is 10.8 Å². The maximum atomic E-state index is 13.7. The van der Waals surface area contributed by atoms with Crippen LogP contribution in [0.25, 0.3) is 10.2 Å². The number of anilines is 2. The van der Waals surface area contributed by atoms with Crippen molar-refractivity contribution in [2.75, 3.05) is 28.9 Å². The van der Waals surface area contributed by atoms with Crippen molar-refractivity contribution in [2.45, 2.75) is 30.8 Å². The van der Waals surface area contributed by atoms with Gasteiger partial charge >= 0.3 is 0 Å². The van der Waals surface area contributed by atoms with Crippen molar-refractivity contribution in [2.24, 2.45) is 0 Å². The first kappa shape index (κ1) is 25.8. The SMILES string of the molecule is CCN(c1ccccc1)S(=O)(=O)c1ccc(C(=O)N(CC2CCCO2)c2nc3ccc(Br)cc3s2)cc1. The molecule has 1 aliphatic rings. The predicted molar refractivity (Wildman–Crippen MR) is 151 cm³/mol. The minimum Gasteiger partial charge on any atom is -0.376 e. The first-order valence-corrected chi connectivity index (χ1v) is 15.1. The summed E-state index contributed by atoms with van der Waals surface area (Å²) < 4.78 is 35.8. The summed E-state index contributed by atoms with van der Waals surface area (Å²) in [6.07, 6.45) is 1.77. The Morgan fingerprint density at radius 1 is 1.11 bits per heavy atom. The van der Waals surface area contributed by atoms with E-state index in [-0.39, 0.29) is 23.5 Å². The molecule has 192 valence electrons. The number of thiazole rings is 1. The zero-order chi connectivity index (χ0) is 26.0. The van der Waals surface area contributed by atoms with E-state index in [2.05, 4.69) is 15.9 Å². The van der Waals surface area contributed by atoms with Crippen LogP contribution in [-0.4, -0.2) is 45.1 Å². The summed E-state index contributed by atoms with van der Waals surface area (Å²) in [6, 6.07) is 20.9. The number of benzene rings is 3. The summed E-state index contributed by atoms with van der Waals surface area (Å²) in [6.45, 7) is 3.15. The molecule has 1 saturated heterocycles. The molecule has 1 fully saturated rings. The predicted octanol–water partition coefficient (Wildman–Crippen LogP) is 6.10. The molecular weight excluding hydrogens is 574 g/mol. The lowest BCUT2D eigenvalue weighted by atomic mass is 10.2. The Balaban J connectivity index is 1.45. The fourth-order valence-electron chi connectivity index (χ4n) is 4.38. The van der Waals surface area contributed by atoms with Crippen molar-refractivity contribution < 1.29 is 17.9 Å². The van der Waals surface area contributed by atoms with Crippen molar-refractivity contribution in [3.63, 3.8) is 0 Å². The third-order valence-electron chi connectivity index (χ3n) is 6.25. The van der Waals surface area contributed by atoms with Crippen LogP contribution < -0.4 is 9.21 Å². The molecule has 3 aromatic carbocycles. The number of carbonyl (C=O) groups excluding carboxylic acids is 1. The average molecular weight is 601 g/mol. The zero-order valence-electron chi connectivity index (χ0n) is 20.2. The van der Waals surface area contributed by atoms with Crippen molar-refractivity contribution in [1.82, 2.24) is 4.98 Å². The summed E-state index contributed by atoms with van der Waals surface area (Å²) in [5.41, 5.74) is 1.80. The van der Waals surface area contributed by atoms with Gasteiger partial charge in [-0.25, -0.2) is 13.4 Å². The molecule has 0 spiro atoms. The first-order chi connectivity index (χ1) is 17.9. The molecule has 0 aliphatic carbocycles. The van der Waals surface area contributed by atoms with E-state index < -0.39 is 10.0 Å². The van der Waals surface area contributed by atoms with Crippen molar-refractivity contribution in [3.05, 3.63) is 82.8 Å². The maximum Gasteiger partial charge on any atom is 0.264 e. The van der Waals surface area contributed by atoms with Crippen molar-refractivity contribution >= 4 is 64.2 Å². The molecule has 2 heterocycles. The fraction of sp³-hybridized carbons (Fsp3) is 0.259. The number of sulfonamides is 1. The Bertz CT molecular complexity index is 1500. The molecule has 7 nitrogen and oxygen atoms in total. The van der Waals surface area contributed by atoms with Crippen LogP contribution in [0.1, 0.15) is 30.1 Å². The van der Waals surface area contributed by atoms with E-state index in [9.17, 15) is 13.2 Å². The molecule has 1 aromatic heterocycles. The van der Waals surface area contributed by atoms with Crippen LogP contribution in [0.2, 0.25) is 0 Å². The van der Waals surface area contributed by atoms with E-state index >= 15 is 0 Å². The number of rotatable bonds is 8. The number of hydrogen-bond donors (Lipinski definition) is 0. The maximum absolute atomic E-state index is 13.7. The second-order valence-corrected chi connectivity index (χ2v) is 12.5. The lowest BCUT2D eigenvalue weighted by molar-refractivity contribution is 0.0917. The van der Waals surface area contributed by atoms with Gasteiger partial charge in [0.05, 0.1) is 33.4 Å². The third-order valence-corrected chi connectivity index (χ3v) is 9.70. The van der Waals surface area contributed by atoms with Gasteiger partial charge in [-0.1, -0.05) is 45.5 Å². The smallest absolute Gasteiger partial charge is 0.264 e. The molecule has 0 bridgehead atoms. The van der Waals surface area contributed by atoms with Crippen LogP contribution in [0.5, 0.6) is 0 Å².